The standard InChI is InChI=1S/C33H38F5NO2/c1-6-41-32(40)30(13-21(4)5)24-14-23(22-8-10-26(11-9-22)33(36,37)38)17-29(18-24)39-31(12-7-20(2)3)25-15-27(34)19-28(35)16-25/h8-11,14-21,30-31,39H,6-7,12-13H2,1-5H3. The zero-order valence-electron chi connectivity index (χ0n) is 24.1. The van der Waals surface area contributed by atoms with Crippen molar-refractivity contribution in [2.45, 2.75) is 72.0 Å². The van der Waals surface area contributed by atoms with Gasteiger partial charge in [0, 0.05) is 11.8 Å². The van der Waals surface area contributed by atoms with Crippen LogP contribution in [0.4, 0.5) is 27.6 Å². The van der Waals surface area contributed by atoms with Gasteiger partial charge in [0.05, 0.1) is 24.1 Å². The van der Waals surface area contributed by atoms with Gasteiger partial charge in [-0.15, -0.1) is 0 Å². The van der Waals surface area contributed by atoms with Crippen LogP contribution >= 0.6 is 0 Å². The van der Waals surface area contributed by atoms with Crippen LogP contribution in [-0.2, 0) is 15.7 Å². The molecule has 0 spiro atoms. The van der Waals surface area contributed by atoms with E-state index in [1.165, 1.54) is 24.3 Å². The van der Waals surface area contributed by atoms with E-state index in [-0.39, 0.29) is 18.5 Å². The van der Waals surface area contributed by atoms with Gasteiger partial charge < -0.3 is 10.1 Å². The summed E-state index contributed by atoms with van der Waals surface area (Å²) in [6, 6.07) is 13.2. The maximum Gasteiger partial charge on any atom is 0.416 e. The van der Waals surface area contributed by atoms with Gasteiger partial charge in [0.1, 0.15) is 11.6 Å². The van der Waals surface area contributed by atoms with Gasteiger partial charge in [0.2, 0.25) is 0 Å². The Morgan fingerprint density at radius 1 is 0.805 bits per heavy atom. The van der Waals surface area contributed by atoms with Crippen molar-refractivity contribution in [3.8, 4) is 11.1 Å². The Hall–Kier alpha value is -3.42. The SMILES string of the molecule is CCOC(=O)C(CC(C)C)c1cc(NC(CCC(C)C)c2cc(F)cc(F)c2)cc(-c2ccc(C(F)(F)F)cc2)c1. The Kier molecular flexibility index (Phi) is 10.9. The summed E-state index contributed by atoms with van der Waals surface area (Å²) in [5.74, 6) is -1.87. The molecule has 2 atom stereocenters. The largest absolute Gasteiger partial charge is 0.466 e. The van der Waals surface area contributed by atoms with Crippen LogP contribution in [0.25, 0.3) is 11.1 Å². The first-order chi connectivity index (χ1) is 19.3. The van der Waals surface area contributed by atoms with E-state index in [0.717, 1.165) is 24.6 Å². The zero-order valence-corrected chi connectivity index (χ0v) is 24.1. The maximum atomic E-state index is 14.2. The summed E-state index contributed by atoms with van der Waals surface area (Å²) in [5, 5.41) is 3.40. The monoisotopic (exact) mass is 575 g/mol. The summed E-state index contributed by atoms with van der Waals surface area (Å²) in [5.41, 5.74) is 2.03. The van der Waals surface area contributed by atoms with E-state index in [9.17, 15) is 26.7 Å². The minimum Gasteiger partial charge on any atom is -0.466 e. The van der Waals surface area contributed by atoms with Crippen molar-refractivity contribution in [1.29, 1.82) is 0 Å². The first-order valence-electron chi connectivity index (χ1n) is 14.0. The van der Waals surface area contributed by atoms with Gasteiger partial charge in [-0.05, 0) is 96.7 Å². The number of nitrogens with one attached hydrogen (secondary N) is 1. The van der Waals surface area contributed by atoms with Crippen LogP contribution < -0.4 is 5.32 Å². The van der Waals surface area contributed by atoms with Crippen molar-refractivity contribution in [2.75, 3.05) is 11.9 Å². The minimum atomic E-state index is -4.47. The molecule has 8 heteroatoms. The number of halogens is 5. The Labute approximate surface area is 239 Å². The molecule has 3 nitrogen and oxygen atoms in total. The molecular weight excluding hydrogens is 537 g/mol. The van der Waals surface area contributed by atoms with E-state index < -0.39 is 35.3 Å². The molecule has 0 amide bonds. The van der Waals surface area contributed by atoms with E-state index in [0.29, 0.717) is 46.7 Å². The molecule has 0 aliphatic rings. The highest BCUT2D eigenvalue weighted by atomic mass is 19.4. The predicted molar refractivity (Wildman–Crippen MR) is 153 cm³/mol. The second kappa shape index (κ2) is 14.0. The van der Waals surface area contributed by atoms with Gasteiger partial charge in [0.15, 0.2) is 0 Å². The van der Waals surface area contributed by atoms with E-state index in [2.05, 4.69) is 19.2 Å². The van der Waals surface area contributed by atoms with E-state index >= 15 is 0 Å². The Morgan fingerprint density at radius 3 is 1.98 bits per heavy atom. The number of anilines is 1. The van der Waals surface area contributed by atoms with Crippen molar-refractivity contribution >= 4 is 11.7 Å². The molecule has 2 unspecified atom stereocenters. The van der Waals surface area contributed by atoms with Crippen LogP contribution in [0, 0.1) is 23.5 Å². The molecule has 1 N–H and O–H groups in total. The molecule has 0 aliphatic heterocycles. The first-order valence-corrected chi connectivity index (χ1v) is 14.0. The molecule has 0 fully saturated rings. The summed E-state index contributed by atoms with van der Waals surface area (Å²) in [7, 11) is 0. The molecule has 3 aromatic carbocycles. The number of esters is 1. The minimum absolute atomic E-state index is 0.157. The van der Waals surface area contributed by atoms with Crippen molar-refractivity contribution in [3.63, 3.8) is 0 Å². The van der Waals surface area contributed by atoms with E-state index in [1.54, 1.807) is 19.1 Å². The Morgan fingerprint density at radius 2 is 1.44 bits per heavy atom. The van der Waals surface area contributed by atoms with Crippen molar-refractivity contribution in [1.82, 2.24) is 0 Å². The Bertz CT molecular complexity index is 1280. The number of ether oxygens (including phenoxy) is 1. The first kappa shape index (κ1) is 32.1. The molecule has 0 radical (unpaired) electrons. The van der Waals surface area contributed by atoms with E-state index in [1.807, 2.05) is 19.9 Å². The summed E-state index contributed by atoms with van der Waals surface area (Å²) in [4.78, 5) is 13.0. The fourth-order valence-corrected chi connectivity index (χ4v) is 4.84. The fourth-order valence-electron chi connectivity index (χ4n) is 4.84. The lowest BCUT2D eigenvalue weighted by atomic mass is 9.87. The molecule has 41 heavy (non-hydrogen) atoms. The number of carbonyl (C=O) groups excluding carboxylic acids is 1. The second-order valence-electron chi connectivity index (χ2n) is 11.2. The van der Waals surface area contributed by atoms with Gasteiger partial charge >= 0.3 is 12.1 Å². The number of alkyl halides is 3. The molecule has 222 valence electrons. The van der Waals surface area contributed by atoms with Gasteiger partial charge in [-0.25, -0.2) is 8.78 Å². The molecule has 0 saturated carbocycles. The molecule has 0 bridgehead atoms. The maximum absolute atomic E-state index is 14.2. The third-order valence-electron chi connectivity index (χ3n) is 6.84. The normalized spacial score (nSPS) is 13.4. The molecular formula is C33H38F5NO2. The van der Waals surface area contributed by atoms with Crippen molar-refractivity contribution < 1.29 is 31.5 Å². The van der Waals surface area contributed by atoms with Crippen LogP contribution in [-0.4, -0.2) is 12.6 Å². The smallest absolute Gasteiger partial charge is 0.416 e. The average molecular weight is 576 g/mol. The van der Waals surface area contributed by atoms with Crippen LogP contribution in [0.3, 0.4) is 0 Å². The summed E-state index contributed by atoms with van der Waals surface area (Å²) in [6.07, 6.45) is -2.61. The lowest BCUT2D eigenvalue weighted by Gasteiger charge is -2.24. The molecule has 0 aromatic heterocycles. The van der Waals surface area contributed by atoms with Gasteiger partial charge in [-0.2, -0.15) is 13.2 Å². The van der Waals surface area contributed by atoms with Gasteiger partial charge in [-0.1, -0.05) is 45.9 Å². The number of hydrogen-bond donors (Lipinski definition) is 1. The highest BCUT2D eigenvalue weighted by Crippen LogP contribution is 2.36. The molecule has 0 heterocycles. The van der Waals surface area contributed by atoms with Crippen LogP contribution in [0.2, 0.25) is 0 Å². The van der Waals surface area contributed by atoms with Crippen molar-refractivity contribution in [2.24, 2.45) is 11.8 Å². The molecule has 0 aliphatic carbocycles. The molecule has 3 rings (SSSR count). The van der Waals surface area contributed by atoms with Crippen LogP contribution in [0.5, 0.6) is 0 Å². The lowest BCUT2D eigenvalue weighted by Crippen LogP contribution is -2.19. The highest BCUT2D eigenvalue weighted by Gasteiger charge is 2.30. The number of hydrogen-bond acceptors (Lipinski definition) is 3. The third-order valence-corrected chi connectivity index (χ3v) is 6.84. The number of benzene rings is 3. The fraction of sp³-hybridized carbons (Fsp3) is 0.424. The van der Waals surface area contributed by atoms with E-state index in [4.69, 9.17) is 4.74 Å². The highest BCUT2D eigenvalue weighted by molar-refractivity contribution is 5.80. The second-order valence-corrected chi connectivity index (χ2v) is 11.2. The molecule has 3 aromatic rings. The van der Waals surface area contributed by atoms with Crippen molar-refractivity contribution in [3.05, 3.63) is 89.0 Å². The quantitative estimate of drug-likeness (QED) is 0.173. The summed E-state index contributed by atoms with van der Waals surface area (Å²) >= 11 is 0. The number of rotatable bonds is 12. The summed E-state index contributed by atoms with van der Waals surface area (Å²) < 4.78 is 73.4. The molecule has 0 saturated heterocycles. The predicted octanol–water partition coefficient (Wildman–Crippen LogP) is 9.93. The van der Waals surface area contributed by atoms with Crippen LogP contribution in [0.1, 0.15) is 82.5 Å². The third kappa shape index (κ3) is 9.30. The lowest BCUT2D eigenvalue weighted by molar-refractivity contribution is -0.145. The topological polar surface area (TPSA) is 38.3 Å². The van der Waals surface area contributed by atoms with Gasteiger partial charge in [-0.3, -0.25) is 4.79 Å². The average Bonchev–Trinajstić information content (AvgIpc) is 2.88. The summed E-state index contributed by atoms with van der Waals surface area (Å²) in [6.45, 7) is 10.0. The van der Waals surface area contributed by atoms with Crippen LogP contribution in [0.15, 0.2) is 60.7 Å². The Balaban J connectivity index is 2.14. The number of carbonyl (C=O) groups is 1. The zero-order chi connectivity index (χ0) is 30.3. The van der Waals surface area contributed by atoms with Gasteiger partial charge in [0.25, 0.3) is 0 Å².